The predicted octanol–water partition coefficient (Wildman–Crippen LogP) is 3.75. The van der Waals surface area contributed by atoms with E-state index in [9.17, 15) is 19.2 Å². The van der Waals surface area contributed by atoms with Crippen molar-refractivity contribution in [3.05, 3.63) is 103 Å². The molecule has 3 heterocycles. The summed E-state index contributed by atoms with van der Waals surface area (Å²) in [6.07, 6.45) is 2.98. The molecule has 10 nitrogen and oxygen atoms in total. The molecule has 0 atom stereocenters. The maximum atomic E-state index is 13.9. The largest absolute Gasteiger partial charge is 0.359 e. The van der Waals surface area contributed by atoms with E-state index in [1.165, 1.54) is 22.9 Å². The number of anilines is 2. The highest BCUT2D eigenvalue weighted by Crippen LogP contribution is 2.30. The van der Waals surface area contributed by atoms with Gasteiger partial charge in [-0.3, -0.25) is 9.55 Å². The van der Waals surface area contributed by atoms with Crippen molar-refractivity contribution in [1.82, 2.24) is 28.7 Å². The summed E-state index contributed by atoms with van der Waals surface area (Å²) in [5.74, 6) is 0.0180. The van der Waals surface area contributed by atoms with Crippen molar-refractivity contribution in [2.75, 3.05) is 5.32 Å². The zero-order valence-corrected chi connectivity index (χ0v) is 21.3. The SMILES string of the molecule is Cc1cncc(-n2c(=O)nc(Nc3cc4c(cc3Cl)nc(C)n4C)n(Cc3ccc(F)c(C#N)c3)c2=O)c1. The van der Waals surface area contributed by atoms with Crippen molar-refractivity contribution in [3.63, 3.8) is 0 Å². The van der Waals surface area contributed by atoms with Crippen LogP contribution in [-0.4, -0.2) is 28.7 Å². The van der Waals surface area contributed by atoms with Crippen molar-refractivity contribution in [3.8, 4) is 11.8 Å². The second-order valence-electron chi connectivity index (χ2n) is 8.73. The first kappa shape index (κ1) is 24.9. The van der Waals surface area contributed by atoms with E-state index in [1.807, 2.05) is 18.5 Å². The van der Waals surface area contributed by atoms with E-state index in [2.05, 4.69) is 20.3 Å². The molecule has 0 saturated carbocycles. The first-order valence-corrected chi connectivity index (χ1v) is 11.8. The minimum atomic E-state index is -0.827. The van der Waals surface area contributed by atoms with Crippen molar-refractivity contribution in [1.29, 1.82) is 5.26 Å². The standard InChI is InChI=1S/C26H20ClFN8O2/c1-14-6-18(12-30-11-14)36-25(37)33-24(32-21-9-23-22(8-19(21)27)31-15(2)34(23)3)35(26(36)38)13-16-4-5-20(28)17(7-16)10-29/h4-9,11-12H,13H2,1-3H3,(H,32,33,37). The number of nitriles is 1. The quantitative estimate of drug-likeness (QED) is 0.367. The summed E-state index contributed by atoms with van der Waals surface area (Å²) in [5.41, 5.74) is 1.58. The van der Waals surface area contributed by atoms with Crippen LogP contribution >= 0.6 is 11.6 Å². The number of aryl methyl sites for hydroxylation is 3. The highest BCUT2D eigenvalue weighted by molar-refractivity contribution is 6.34. The van der Waals surface area contributed by atoms with Gasteiger partial charge in [0.2, 0.25) is 5.95 Å². The monoisotopic (exact) mass is 530 g/mol. The zero-order valence-electron chi connectivity index (χ0n) is 20.5. The van der Waals surface area contributed by atoms with E-state index in [0.717, 1.165) is 27.5 Å². The predicted molar refractivity (Wildman–Crippen MR) is 141 cm³/mol. The molecule has 0 saturated heterocycles. The molecule has 5 rings (SSSR count). The van der Waals surface area contributed by atoms with E-state index in [1.54, 1.807) is 37.4 Å². The molecule has 2 aromatic carbocycles. The van der Waals surface area contributed by atoms with E-state index in [-0.39, 0.29) is 23.7 Å². The maximum absolute atomic E-state index is 13.9. The molecule has 5 aromatic rings. The lowest BCUT2D eigenvalue weighted by atomic mass is 10.1. The lowest BCUT2D eigenvalue weighted by Crippen LogP contribution is -2.41. The number of aromatic nitrogens is 6. The molecule has 0 aliphatic rings. The highest BCUT2D eigenvalue weighted by Gasteiger charge is 2.18. The molecule has 190 valence electrons. The van der Waals surface area contributed by atoms with Gasteiger partial charge in [-0.25, -0.2) is 23.5 Å². The molecule has 0 spiro atoms. The number of pyridine rings is 1. The maximum Gasteiger partial charge on any atom is 0.359 e. The molecule has 12 heteroatoms. The number of nitrogens with one attached hydrogen (secondary N) is 1. The number of imidazole rings is 1. The Labute approximate surface area is 220 Å². The van der Waals surface area contributed by atoms with Gasteiger partial charge in [0.1, 0.15) is 17.7 Å². The summed E-state index contributed by atoms with van der Waals surface area (Å²) in [7, 11) is 1.86. The van der Waals surface area contributed by atoms with Gasteiger partial charge in [0.15, 0.2) is 0 Å². The van der Waals surface area contributed by atoms with Crippen molar-refractivity contribution >= 4 is 34.3 Å². The van der Waals surface area contributed by atoms with E-state index >= 15 is 0 Å². The summed E-state index contributed by atoms with van der Waals surface area (Å²) < 4.78 is 17.9. The molecule has 0 aliphatic carbocycles. The third kappa shape index (κ3) is 4.42. The van der Waals surface area contributed by atoms with Crippen molar-refractivity contribution in [2.45, 2.75) is 20.4 Å². The van der Waals surface area contributed by atoms with Crippen LogP contribution in [0.1, 0.15) is 22.5 Å². The molecule has 0 amide bonds. The second-order valence-corrected chi connectivity index (χ2v) is 9.14. The van der Waals surface area contributed by atoms with Crippen LogP contribution in [0.3, 0.4) is 0 Å². The fraction of sp³-hybridized carbons (Fsp3) is 0.154. The number of nitrogens with zero attached hydrogens (tertiary/aromatic N) is 7. The Balaban J connectivity index is 1.70. The minimum Gasteiger partial charge on any atom is -0.331 e. The normalized spacial score (nSPS) is 11.1. The molecule has 3 aromatic heterocycles. The van der Waals surface area contributed by atoms with Crippen LogP contribution in [0.4, 0.5) is 16.0 Å². The molecule has 0 bridgehead atoms. The highest BCUT2D eigenvalue weighted by atomic mass is 35.5. The minimum absolute atomic E-state index is 0.0835. The zero-order chi connectivity index (χ0) is 27.1. The molecule has 38 heavy (non-hydrogen) atoms. The Morgan fingerprint density at radius 3 is 2.63 bits per heavy atom. The van der Waals surface area contributed by atoms with Gasteiger partial charge in [-0.05, 0) is 55.3 Å². The topological polar surface area (TPSA) is 123 Å². The molecular weight excluding hydrogens is 511 g/mol. The van der Waals surface area contributed by atoms with Crippen LogP contribution in [0.15, 0.2) is 58.4 Å². The van der Waals surface area contributed by atoms with Gasteiger partial charge in [0, 0.05) is 13.2 Å². The van der Waals surface area contributed by atoms with Crippen LogP contribution in [0.25, 0.3) is 16.7 Å². The summed E-state index contributed by atoms with van der Waals surface area (Å²) in [6.45, 7) is 3.52. The number of fused-ring (bicyclic) bond motifs is 1. The Kier molecular flexibility index (Phi) is 6.26. The Bertz CT molecular complexity index is 1900. The van der Waals surface area contributed by atoms with E-state index in [0.29, 0.717) is 21.8 Å². The first-order chi connectivity index (χ1) is 18.2. The van der Waals surface area contributed by atoms with Gasteiger partial charge in [-0.1, -0.05) is 17.7 Å². The molecule has 0 radical (unpaired) electrons. The molecule has 0 fully saturated rings. The van der Waals surface area contributed by atoms with Crippen molar-refractivity contribution < 1.29 is 4.39 Å². The molecular formula is C26H20ClFN8O2. The average molecular weight is 531 g/mol. The number of rotatable bonds is 5. The third-order valence-corrected chi connectivity index (χ3v) is 6.43. The van der Waals surface area contributed by atoms with Gasteiger partial charge in [0.05, 0.1) is 45.7 Å². The molecule has 1 N–H and O–H groups in total. The van der Waals surface area contributed by atoms with Crippen LogP contribution in [0.2, 0.25) is 5.02 Å². The Morgan fingerprint density at radius 1 is 1.11 bits per heavy atom. The fourth-order valence-corrected chi connectivity index (χ4v) is 4.31. The van der Waals surface area contributed by atoms with Crippen LogP contribution in [0.5, 0.6) is 0 Å². The molecule has 0 unspecified atom stereocenters. The van der Waals surface area contributed by atoms with Gasteiger partial charge >= 0.3 is 11.4 Å². The Hall–Kier alpha value is -4.82. The first-order valence-electron chi connectivity index (χ1n) is 11.4. The van der Waals surface area contributed by atoms with Gasteiger partial charge < -0.3 is 9.88 Å². The third-order valence-electron chi connectivity index (χ3n) is 6.12. The summed E-state index contributed by atoms with van der Waals surface area (Å²) in [6, 6.07) is 10.8. The van der Waals surface area contributed by atoms with Crippen LogP contribution in [-0.2, 0) is 13.6 Å². The number of hydrogen-bond donors (Lipinski definition) is 1. The molecule has 0 aliphatic heterocycles. The second kappa shape index (κ2) is 9.57. The fourth-order valence-electron chi connectivity index (χ4n) is 4.10. The average Bonchev–Trinajstić information content (AvgIpc) is 3.14. The van der Waals surface area contributed by atoms with E-state index < -0.39 is 17.2 Å². The van der Waals surface area contributed by atoms with Gasteiger partial charge in [-0.2, -0.15) is 10.2 Å². The van der Waals surface area contributed by atoms with Gasteiger partial charge in [0.25, 0.3) is 0 Å². The number of benzene rings is 2. The lowest BCUT2D eigenvalue weighted by molar-refractivity contribution is 0.620. The summed E-state index contributed by atoms with van der Waals surface area (Å²) in [4.78, 5) is 39.5. The van der Waals surface area contributed by atoms with Crippen LogP contribution in [0, 0.1) is 31.0 Å². The van der Waals surface area contributed by atoms with Crippen molar-refractivity contribution in [2.24, 2.45) is 7.05 Å². The van der Waals surface area contributed by atoms with Crippen LogP contribution < -0.4 is 16.7 Å². The Morgan fingerprint density at radius 2 is 1.89 bits per heavy atom. The summed E-state index contributed by atoms with van der Waals surface area (Å²) in [5, 5.41) is 12.6. The number of halogens is 2. The number of hydrogen-bond acceptors (Lipinski definition) is 7. The smallest absolute Gasteiger partial charge is 0.331 e. The van der Waals surface area contributed by atoms with Gasteiger partial charge in [-0.15, -0.1) is 0 Å². The van der Waals surface area contributed by atoms with E-state index in [4.69, 9.17) is 11.6 Å². The summed E-state index contributed by atoms with van der Waals surface area (Å²) >= 11 is 6.51. The lowest BCUT2D eigenvalue weighted by Gasteiger charge is -2.16.